The molecule has 0 saturated heterocycles. The molecule has 0 aliphatic carbocycles. The molecular formula is C27H28FN3O2. The van der Waals surface area contributed by atoms with Crippen LogP contribution >= 0.6 is 0 Å². The molecule has 2 aliphatic rings. The van der Waals surface area contributed by atoms with Crippen LogP contribution in [0.5, 0.6) is 0 Å². The van der Waals surface area contributed by atoms with E-state index in [1.807, 2.05) is 32.2 Å². The maximum absolute atomic E-state index is 13.7. The average Bonchev–Trinajstić information content (AvgIpc) is 2.85. The van der Waals surface area contributed by atoms with Crippen molar-refractivity contribution in [2.75, 3.05) is 18.5 Å². The molecule has 2 heterocycles. The van der Waals surface area contributed by atoms with E-state index < -0.39 is 0 Å². The maximum atomic E-state index is 13.7. The van der Waals surface area contributed by atoms with E-state index in [1.54, 1.807) is 0 Å². The summed E-state index contributed by atoms with van der Waals surface area (Å²) in [5, 5.41) is 6.01. The summed E-state index contributed by atoms with van der Waals surface area (Å²) >= 11 is 0. The molecule has 0 radical (unpaired) electrons. The van der Waals surface area contributed by atoms with E-state index in [4.69, 9.17) is 9.47 Å². The van der Waals surface area contributed by atoms with Crippen molar-refractivity contribution in [3.05, 3.63) is 99.7 Å². The molecule has 3 aromatic carbocycles. The van der Waals surface area contributed by atoms with Crippen LogP contribution in [0.25, 0.3) is 11.9 Å². The number of anilines is 1. The van der Waals surface area contributed by atoms with Gasteiger partial charge in [0, 0.05) is 41.1 Å². The molecule has 0 fully saturated rings. The van der Waals surface area contributed by atoms with Crippen molar-refractivity contribution in [3.8, 4) is 0 Å². The van der Waals surface area contributed by atoms with Crippen LogP contribution in [0.2, 0.25) is 0 Å². The van der Waals surface area contributed by atoms with E-state index in [9.17, 15) is 4.39 Å². The first-order valence-corrected chi connectivity index (χ1v) is 11.4. The predicted octanol–water partition coefficient (Wildman–Crippen LogP) is 3.80. The Morgan fingerprint density at radius 3 is 2.27 bits per heavy atom. The first-order valence-electron chi connectivity index (χ1n) is 11.4. The minimum absolute atomic E-state index is 0.0409. The fraction of sp³-hybridized carbons (Fsp3) is 0.259. The van der Waals surface area contributed by atoms with Crippen LogP contribution in [-0.2, 0) is 9.47 Å². The molecule has 170 valence electrons. The van der Waals surface area contributed by atoms with Gasteiger partial charge in [-0.05, 0) is 43.2 Å². The Kier molecular flexibility index (Phi) is 6.03. The van der Waals surface area contributed by atoms with Crippen LogP contribution in [0.15, 0.2) is 66.7 Å². The second-order valence-corrected chi connectivity index (χ2v) is 8.16. The van der Waals surface area contributed by atoms with E-state index in [0.29, 0.717) is 13.2 Å². The van der Waals surface area contributed by atoms with Crippen LogP contribution in [0.3, 0.4) is 0 Å². The molecule has 0 saturated carbocycles. The van der Waals surface area contributed by atoms with Crippen molar-refractivity contribution in [1.29, 1.82) is 0 Å². The highest BCUT2D eigenvalue weighted by atomic mass is 19.1. The van der Waals surface area contributed by atoms with Gasteiger partial charge in [-0.2, -0.15) is 0 Å². The molecule has 0 aromatic heterocycles. The molecule has 2 aliphatic heterocycles. The summed E-state index contributed by atoms with van der Waals surface area (Å²) in [7, 11) is 0. The first-order chi connectivity index (χ1) is 16.2. The Morgan fingerprint density at radius 2 is 1.58 bits per heavy atom. The Balaban J connectivity index is 1.59. The van der Waals surface area contributed by atoms with Crippen LogP contribution in [0.4, 0.5) is 10.1 Å². The second-order valence-electron chi connectivity index (χ2n) is 8.16. The molecule has 0 amide bonds. The molecule has 3 aromatic rings. The van der Waals surface area contributed by atoms with Gasteiger partial charge in [0.2, 0.25) is 0 Å². The standard InChI is InChI=1S/C27H28FN3O2/c1-3-32-27(33-4-2)19-10-8-18(9-11-19)25-24(17-12-14-21(28)15-13-17)26-23-20(16-29-31-26)6-5-7-22(23)30-25/h5-16,24-25,27,29-31H,3-4H2,1-2H3. The van der Waals surface area contributed by atoms with Crippen molar-refractivity contribution in [3.63, 3.8) is 0 Å². The Hall–Kier alpha value is -3.35. The summed E-state index contributed by atoms with van der Waals surface area (Å²) in [6.45, 7) is 5.09. The van der Waals surface area contributed by atoms with E-state index in [0.717, 1.165) is 38.5 Å². The fourth-order valence-corrected chi connectivity index (χ4v) is 4.73. The fourth-order valence-electron chi connectivity index (χ4n) is 4.73. The molecule has 3 N–H and O–H groups in total. The number of halogens is 1. The van der Waals surface area contributed by atoms with Gasteiger partial charge in [0.15, 0.2) is 6.29 Å². The minimum Gasteiger partial charge on any atom is -0.377 e. The highest BCUT2D eigenvalue weighted by Crippen LogP contribution is 2.41. The van der Waals surface area contributed by atoms with Gasteiger partial charge in [0.05, 0.1) is 17.7 Å². The quantitative estimate of drug-likeness (QED) is 0.483. The molecule has 0 bridgehead atoms. The number of hydrazine groups is 1. The lowest BCUT2D eigenvalue weighted by Crippen LogP contribution is -2.50. The summed E-state index contributed by atoms with van der Waals surface area (Å²) in [4.78, 5) is 0. The van der Waals surface area contributed by atoms with Gasteiger partial charge in [0.25, 0.3) is 0 Å². The Morgan fingerprint density at radius 1 is 0.879 bits per heavy atom. The average molecular weight is 446 g/mol. The molecule has 5 rings (SSSR count). The molecule has 5 nitrogen and oxygen atoms in total. The number of ether oxygens (including phenoxy) is 2. The number of benzene rings is 3. The minimum atomic E-state index is -0.376. The van der Waals surface area contributed by atoms with Crippen LogP contribution in [0.1, 0.15) is 48.8 Å². The lowest BCUT2D eigenvalue weighted by atomic mass is 9.80. The van der Waals surface area contributed by atoms with E-state index in [1.165, 1.54) is 12.1 Å². The SMILES string of the molecule is CCOC(OCC)c1ccc(C2Nc3cccc4c3=C(NNC=4)C2c2ccc(F)cc2)cc1. The Labute approximate surface area is 192 Å². The zero-order valence-electron chi connectivity index (χ0n) is 18.8. The molecule has 2 unspecified atom stereocenters. The predicted molar refractivity (Wildman–Crippen MR) is 128 cm³/mol. The number of hydrogen-bond acceptors (Lipinski definition) is 5. The van der Waals surface area contributed by atoms with Gasteiger partial charge in [-0.15, -0.1) is 0 Å². The number of hydrogen-bond donors (Lipinski definition) is 3. The molecule has 6 heteroatoms. The lowest BCUT2D eigenvalue weighted by Gasteiger charge is -2.37. The largest absolute Gasteiger partial charge is 0.377 e. The van der Waals surface area contributed by atoms with E-state index >= 15 is 0 Å². The number of rotatable bonds is 7. The third-order valence-electron chi connectivity index (χ3n) is 6.19. The summed E-state index contributed by atoms with van der Waals surface area (Å²) < 4.78 is 25.2. The van der Waals surface area contributed by atoms with Gasteiger partial charge in [-0.1, -0.05) is 48.5 Å². The second kappa shape index (κ2) is 9.25. The van der Waals surface area contributed by atoms with Crippen molar-refractivity contribution in [1.82, 2.24) is 10.9 Å². The van der Waals surface area contributed by atoms with Crippen molar-refractivity contribution in [2.24, 2.45) is 0 Å². The topological polar surface area (TPSA) is 54.6 Å². The van der Waals surface area contributed by atoms with Crippen molar-refractivity contribution < 1.29 is 13.9 Å². The van der Waals surface area contributed by atoms with E-state index in [-0.39, 0.29) is 24.1 Å². The first kappa shape index (κ1) is 21.5. The smallest absolute Gasteiger partial charge is 0.183 e. The maximum Gasteiger partial charge on any atom is 0.183 e. The van der Waals surface area contributed by atoms with Crippen molar-refractivity contribution in [2.45, 2.75) is 32.1 Å². The highest BCUT2D eigenvalue weighted by Gasteiger charge is 2.34. The van der Waals surface area contributed by atoms with Gasteiger partial charge >= 0.3 is 0 Å². The van der Waals surface area contributed by atoms with Crippen LogP contribution in [0, 0.1) is 5.82 Å². The van der Waals surface area contributed by atoms with Gasteiger partial charge in [-0.3, -0.25) is 0 Å². The zero-order chi connectivity index (χ0) is 22.8. The van der Waals surface area contributed by atoms with E-state index in [2.05, 4.69) is 58.6 Å². The molecule has 2 atom stereocenters. The normalized spacial score (nSPS) is 18.6. The zero-order valence-corrected chi connectivity index (χ0v) is 18.8. The van der Waals surface area contributed by atoms with Crippen LogP contribution < -0.4 is 26.6 Å². The van der Waals surface area contributed by atoms with Gasteiger partial charge in [-0.25, -0.2) is 4.39 Å². The summed E-state index contributed by atoms with van der Waals surface area (Å²) in [5.41, 5.74) is 11.9. The van der Waals surface area contributed by atoms with Gasteiger partial charge in [0.1, 0.15) is 5.82 Å². The van der Waals surface area contributed by atoms with Crippen LogP contribution in [-0.4, -0.2) is 13.2 Å². The third kappa shape index (κ3) is 4.08. The molecule has 0 spiro atoms. The molecule has 33 heavy (non-hydrogen) atoms. The van der Waals surface area contributed by atoms with Gasteiger partial charge < -0.3 is 25.6 Å². The number of nitrogens with one attached hydrogen (secondary N) is 3. The summed E-state index contributed by atoms with van der Waals surface area (Å²) in [6, 6.07) is 21.3. The monoisotopic (exact) mass is 445 g/mol. The highest BCUT2D eigenvalue weighted by molar-refractivity contribution is 5.69. The third-order valence-corrected chi connectivity index (χ3v) is 6.19. The Bertz CT molecular complexity index is 1240. The summed E-state index contributed by atoms with van der Waals surface area (Å²) in [5.74, 6) is -0.281. The molecular weight excluding hydrogens is 417 g/mol. The van der Waals surface area contributed by atoms with Crippen molar-refractivity contribution >= 4 is 17.6 Å². The summed E-state index contributed by atoms with van der Waals surface area (Å²) in [6.07, 6.45) is 1.58. The lowest BCUT2D eigenvalue weighted by molar-refractivity contribution is -0.140.